The second kappa shape index (κ2) is 5.77. The number of rotatable bonds is 1. The van der Waals surface area contributed by atoms with Crippen molar-refractivity contribution in [3.8, 4) is 28.8 Å². The van der Waals surface area contributed by atoms with Crippen LogP contribution in [0.3, 0.4) is 0 Å². The monoisotopic (exact) mass is 381 g/mol. The van der Waals surface area contributed by atoms with Gasteiger partial charge in [-0.1, -0.05) is 12.1 Å². The zero-order chi connectivity index (χ0) is 19.6. The van der Waals surface area contributed by atoms with E-state index in [2.05, 4.69) is 21.4 Å². The van der Waals surface area contributed by atoms with Crippen LogP contribution < -0.4 is 5.32 Å². The number of hydrogen-bond acceptors (Lipinski definition) is 4. The summed E-state index contributed by atoms with van der Waals surface area (Å²) in [5, 5.41) is 12.5. The molecule has 29 heavy (non-hydrogen) atoms. The predicted molar refractivity (Wildman–Crippen MR) is 107 cm³/mol. The Balaban J connectivity index is 1.48. The average molecular weight is 381 g/mol. The first kappa shape index (κ1) is 16.5. The number of carbonyl (C=O) groups is 1. The lowest BCUT2D eigenvalue weighted by atomic mass is 9.71. The molecular formula is C23H19N5O. The standard InChI is InChI=1S/C23H19N5O/c24-11-13-3-1-4-14(9-13)21-25-12-15-5-6-16-18-17(26-20(16)19(15)27-21)10-23(7-2-8-23)28-22(18)29/h1,3-4,9,12,26H,2,5-8,10H2,(H,28,29). The largest absolute Gasteiger partial charge is 0.356 e. The maximum atomic E-state index is 12.9. The highest BCUT2D eigenvalue weighted by atomic mass is 16.2. The van der Waals surface area contributed by atoms with Crippen molar-refractivity contribution in [3.63, 3.8) is 0 Å². The van der Waals surface area contributed by atoms with Gasteiger partial charge in [-0.15, -0.1) is 0 Å². The van der Waals surface area contributed by atoms with Gasteiger partial charge >= 0.3 is 0 Å². The summed E-state index contributed by atoms with van der Waals surface area (Å²) in [7, 11) is 0. The maximum Gasteiger partial charge on any atom is 0.253 e. The van der Waals surface area contributed by atoms with Crippen LogP contribution in [0.4, 0.5) is 0 Å². The Kier molecular flexibility index (Phi) is 3.28. The number of hydrogen-bond donors (Lipinski definition) is 2. The van der Waals surface area contributed by atoms with Gasteiger partial charge in [0, 0.05) is 29.4 Å². The molecule has 2 aromatic heterocycles. The minimum Gasteiger partial charge on any atom is -0.356 e. The number of H-pyrrole nitrogens is 1. The van der Waals surface area contributed by atoms with Crippen molar-refractivity contribution in [2.45, 2.75) is 44.1 Å². The van der Waals surface area contributed by atoms with Crippen LogP contribution in [0.5, 0.6) is 0 Å². The second-order valence-corrected chi connectivity index (χ2v) is 8.36. The van der Waals surface area contributed by atoms with Gasteiger partial charge in [0.2, 0.25) is 0 Å². The number of carbonyl (C=O) groups excluding carboxylic acids is 1. The van der Waals surface area contributed by atoms with Gasteiger partial charge in [-0.2, -0.15) is 5.26 Å². The third-order valence-electron chi connectivity index (χ3n) is 6.61. The number of aromatic amines is 1. The third kappa shape index (κ3) is 2.37. The number of aryl methyl sites for hydroxylation is 1. The van der Waals surface area contributed by atoms with Gasteiger partial charge in [-0.25, -0.2) is 9.97 Å². The summed E-state index contributed by atoms with van der Waals surface area (Å²) in [6.07, 6.45) is 7.69. The van der Waals surface area contributed by atoms with Crippen LogP contribution in [0.1, 0.15) is 52.0 Å². The summed E-state index contributed by atoms with van der Waals surface area (Å²) in [6.45, 7) is 0. The average Bonchev–Trinajstić information content (AvgIpc) is 3.11. The molecule has 6 heteroatoms. The zero-order valence-electron chi connectivity index (χ0n) is 15.9. The van der Waals surface area contributed by atoms with Gasteiger partial charge in [0.25, 0.3) is 5.91 Å². The van der Waals surface area contributed by atoms with Crippen LogP contribution in [0, 0.1) is 11.3 Å². The molecule has 0 atom stereocenters. The van der Waals surface area contributed by atoms with Crippen molar-refractivity contribution >= 4 is 5.91 Å². The molecule has 0 unspecified atom stereocenters. The number of amides is 1. The van der Waals surface area contributed by atoms with Crippen LogP contribution in [-0.4, -0.2) is 26.4 Å². The van der Waals surface area contributed by atoms with Gasteiger partial charge < -0.3 is 10.3 Å². The van der Waals surface area contributed by atoms with E-state index in [9.17, 15) is 10.1 Å². The molecule has 0 bridgehead atoms. The number of nitrogens with one attached hydrogen (secondary N) is 2. The summed E-state index contributed by atoms with van der Waals surface area (Å²) in [6, 6.07) is 9.50. The fourth-order valence-electron chi connectivity index (χ4n) is 4.98. The molecule has 6 nitrogen and oxygen atoms in total. The highest BCUT2D eigenvalue weighted by molar-refractivity contribution is 6.01. The highest BCUT2D eigenvalue weighted by Gasteiger charge is 2.45. The van der Waals surface area contributed by atoms with E-state index in [0.29, 0.717) is 11.4 Å². The summed E-state index contributed by atoms with van der Waals surface area (Å²) < 4.78 is 0. The molecule has 3 heterocycles. The number of nitrogens with zero attached hydrogens (tertiary/aromatic N) is 3. The fraction of sp³-hybridized carbons (Fsp3) is 0.304. The summed E-state index contributed by atoms with van der Waals surface area (Å²) in [4.78, 5) is 25.9. The minimum atomic E-state index is -0.0467. The molecule has 1 spiro atoms. The van der Waals surface area contributed by atoms with Crippen molar-refractivity contribution in [3.05, 3.63) is 58.4 Å². The minimum absolute atomic E-state index is 0.0467. The lowest BCUT2D eigenvalue weighted by Crippen LogP contribution is -2.57. The van der Waals surface area contributed by atoms with Gasteiger partial charge in [-0.3, -0.25) is 4.79 Å². The van der Waals surface area contributed by atoms with Crippen LogP contribution >= 0.6 is 0 Å². The van der Waals surface area contributed by atoms with E-state index in [1.807, 2.05) is 18.3 Å². The first-order valence-electron chi connectivity index (χ1n) is 10.1. The Bertz CT molecular complexity index is 1230. The van der Waals surface area contributed by atoms with E-state index in [0.717, 1.165) is 71.4 Å². The second-order valence-electron chi connectivity index (χ2n) is 8.36. The number of benzene rings is 1. The molecule has 1 aromatic carbocycles. The molecule has 6 rings (SSSR count). The van der Waals surface area contributed by atoms with E-state index in [4.69, 9.17) is 4.98 Å². The lowest BCUT2D eigenvalue weighted by molar-refractivity contribution is 0.0793. The Morgan fingerprint density at radius 2 is 2.10 bits per heavy atom. The molecule has 2 aliphatic carbocycles. The van der Waals surface area contributed by atoms with E-state index in [-0.39, 0.29) is 11.4 Å². The predicted octanol–water partition coefficient (Wildman–Crippen LogP) is 3.32. The Hall–Kier alpha value is -3.46. The van der Waals surface area contributed by atoms with Crippen LogP contribution in [0.15, 0.2) is 30.5 Å². The molecule has 0 saturated heterocycles. The van der Waals surface area contributed by atoms with E-state index < -0.39 is 0 Å². The van der Waals surface area contributed by atoms with Crippen molar-refractivity contribution in [2.24, 2.45) is 0 Å². The third-order valence-corrected chi connectivity index (χ3v) is 6.61. The quantitative estimate of drug-likeness (QED) is 0.676. The van der Waals surface area contributed by atoms with Gasteiger partial charge in [0.15, 0.2) is 5.82 Å². The lowest BCUT2D eigenvalue weighted by Gasteiger charge is -2.45. The SMILES string of the molecule is N#Cc1cccc(-c2ncc3c(n2)-c2[nH]c4c(c2CC3)C(=O)NC2(CCC2)C4)c1. The summed E-state index contributed by atoms with van der Waals surface area (Å²) >= 11 is 0. The Morgan fingerprint density at radius 3 is 2.90 bits per heavy atom. The topological polar surface area (TPSA) is 94.5 Å². The van der Waals surface area contributed by atoms with E-state index in [1.165, 1.54) is 6.42 Å². The molecule has 1 saturated carbocycles. The van der Waals surface area contributed by atoms with E-state index >= 15 is 0 Å². The van der Waals surface area contributed by atoms with Gasteiger partial charge in [0.1, 0.15) is 0 Å². The smallest absolute Gasteiger partial charge is 0.253 e. The molecule has 1 fully saturated rings. The van der Waals surface area contributed by atoms with Crippen molar-refractivity contribution in [2.75, 3.05) is 0 Å². The molecular weight excluding hydrogens is 362 g/mol. The molecule has 3 aliphatic rings. The van der Waals surface area contributed by atoms with Crippen LogP contribution in [0.25, 0.3) is 22.8 Å². The number of aromatic nitrogens is 3. The Labute approximate surface area is 168 Å². The highest BCUT2D eigenvalue weighted by Crippen LogP contribution is 2.43. The molecule has 0 radical (unpaired) electrons. The zero-order valence-corrected chi connectivity index (χ0v) is 15.9. The molecule has 1 amide bonds. The van der Waals surface area contributed by atoms with Crippen LogP contribution in [0.2, 0.25) is 0 Å². The Morgan fingerprint density at radius 1 is 1.21 bits per heavy atom. The van der Waals surface area contributed by atoms with Gasteiger partial charge in [0.05, 0.1) is 28.6 Å². The molecule has 3 aromatic rings. The first-order chi connectivity index (χ1) is 14.2. The normalized spacial score (nSPS) is 18.1. The number of nitriles is 1. The fourth-order valence-corrected chi connectivity index (χ4v) is 4.98. The van der Waals surface area contributed by atoms with Crippen molar-refractivity contribution < 1.29 is 4.79 Å². The van der Waals surface area contributed by atoms with Crippen molar-refractivity contribution in [1.82, 2.24) is 20.3 Å². The maximum absolute atomic E-state index is 12.9. The molecule has 2 N–H and O–H groups in total. The van der Waals surface area contributed by atoms with Gasteiger partial charge in [-0.05, 0) is 55.4 Å². The summed E-state index contributed by atoms with van der Waals surface area (Å²) in [5.74, 6) is 0.657. The van der Waals surface area contributed by atoms with Crippen molar-refractivity contribution in [1.29, 1.82) is 5.26 Å². The number of fused-ring (bicyclic) bond motifs is 5. The molecule has 142 valence electrons. The van der Waals surface area contributed by atoms with E-state index in [1.54, 1.807) is 12.1 Å². The molecule has 1 aliphatic heterocycles. The summed E-state index contributed by atoms with van der Waals surface area (Å²) in [5.41, 5.74) is 7.25. The first-order valence-corrected chi connectivity index (χ1v) is 10.1. The van der Waals surface area contributed by atoms with Crippen LogP contribution in [-0.2, 0) is 19.3 Å².